The van der Waals surface area contributed by atoms with Crippen molar-refractivity contribution in [3.63, 3.8) is 0 Å². The molecule has 1 aromatic heterocycles. The number of nitrogen functional groups attached to an aromatic ring is 1. The maximum absolute atomic E-state index is 14.1. The van der Waals surface area contributed by atoms with E-state index in [9.17, 15) is 14.0 Å². The maximum atomic E-state index is 14.1. The summed E-state index contributed by atoms with van der Waals surface area (Å²) in [4.78, 5) is 32.0. The molecule has 2 aromatic rings. The van der Waals surface area contributed by atoms with E-state index in [2.05, 4.69) is 25.9 Å². The molecule has 2 aliphatic rings. The number of aromatic nitrogens is 2. The van der Waals surface area contributed by atoms with Gasteiger partial charge in [-0.2, -0.15) is 4.98 Å². The van der Waals surface area contributed by atoms with Gasteiger partial charge in [0, 0.05) is 30.2 Å². The lowest BCUT2D eigenvalue weighted by Crippen LogP contribution is -2.53. The summed E-state index contributed by atoms with van der Waals surface area (Å²) in [6.45, 7) is 0.327. The van der Waals surface area contributed by atoms with Gasteiger partial charge in [-0.3, -0.25) is 4.79 Å². The fraction of sp³-hybridized carbons (Fsp3) is 0.400. The van der Waals surface area contributed by atoms with Crippen molar-refractivity contribution in [2.45, 2.75) is 31.5 Å². The molecule has 0 aliphatic heterocycles. The first kappa shape index (κ1) is 21.1. The van der Waals surface area contributed by atoms with E-state index in [1.165, 1.54) is 0 Å². The zero-order valence-corrected chi connectivity index (χ0v) is 17.3. The van der Waals surface area contributed by atoms with Gasteiger partial charge in [-0.1, -0.05) is 12.1 Å². The number of fused-ring (bicyclic) bond motifs is 2. The van der Waals surface area contributed by atoms with Crippen LogP contribution in [0.4, 0.5) is 20.7 Å². The predicted molar refractivity (Wildman–Crippen MR) is 113 cm³/mol. The van der Waals surface area contributed by atoms with E-state index in [4.69, 9.17) is 23.1 Å². The molecule has 5 unspecified atom stereocenters. The minimum Gasteiger partial charge on any atom is -0.399 e. The standard InChI is InChI=1S/C20H23ClFN7O2/c21-19-25-8-13(22)18(29-19)28-16-12-5-10(15(16)17(24)30)6-14(12)27-20(31)26-7-9-2-1-3-11(23)4-9/h1-4,8,10,12,14-16H,5-7,23H2,(H2,24,30)(H,25,28,29)(H2,26,27,31). The second-order valence-electron chi connectivity index (χ2n) is 8.01. The Kier molecular flexibility index (Phi) is 5.81. The molecule has 1 aromatic carbocycles. The van der Waals surface area contributed by atoms with Gasteiger partial charge >= 0.3 is 6.03 Å². The number of benzene rings is 1. The van der Waals surface area contributed by atoms with Crippen LogP contribution >= 0.6 is 11.6 Å². The molecule has 2 saturated carbocycles. The largest absolute Gasteiger partial charge is 0.399 e. The summed E-state index contributed by atoms with van der Waals surface area (Å²) >= 11 is 5.78. The Hall–Kier alpha value is -3.14. The Balaban J connectivity index is 1.43. The minimum atomic E-state index is -0.681. The fourth-order valence-corrected chi connectivity index (χ4v) is 4.98. The van der Waals surface area contributed by atoms with Gasteiger partial charge < -0.3 is 27.4 Å². The average Bonchev–Trinajstić information content (AvgIpc) is 3.27. The normalized spacial score (nSPS) is 26.5. The van der Waals surface area contributed by atoms with Crippen molar-refractivity contribution in [3.8, 4) is 0 Å². The molecule has 3 amide bonds. The van der Waals surface area contributed by atoms with Gasteiger partial charge in [0.25, 0.3) is 0 Å². The van der Waals surface area contributed by atoms with Gasteiger partial charge in [0.2, 0.25) is 11.2 Å². The quantitative estimate of drug-likeness (QED) is 0.336. The van der Waals surface area contributed by atoms with Crippen molar-refractivity contribution in [3.05, 3.63) is 47.1 Å². The molecule has 7 N–H and O–H groups in total. The Morgan fingerprint density at radius 2 is 2.10 bits per heavy atom. The van der Waals surface area contributed by atoms with Gasteiger partial charge in [0.1, 0.15) is 0 Å². The molecule has 2 bridgehead atoms. The lowest BCUT2D eigenvalue weighted by atomic mass is 9.81. The van der Waals surface area contributed by atoms with Crippen molar-refractivity contribution < 1.29 is 14.0 Å². The molecule has 2 fully saturated rings. The van der Waals surface area contributed by atoms with Crippen LogP contribution in [0.25, 0.3) is 0 Å². The Labute approximate surface area is 183 Å². The lowest BCUT2D eigenvalue weighted by Gasteiger charge is -2.35. The first-order chi connectivity index (χ1) is 14.8. The third-order valence-electron chi connectivity index (χ3n) is 6.07. The van der Waals surface area contributed by atoms with E-state index < -0.39 is 23.7 Å². The number of nitrogens with two attached hydrogens (primary N) is 2. The molecule has 0 radical (unpaired) electrons. The molecule has 0 saturated heterocycles. The molecule has 2 aliphatic carbocycles. The van der Waals surface area contributed by atoms with Gasteiger partial charge in [-0.05, 0) is 48.1 Å². The third-order valence-corrected chi connectivity index (χ3v) is 6.25. The number of nitrogens with one attached hydrogen (secondary N) is 3. The second kappa shape index (κ2) is 8.54. The van der Waals surface area contributed by atoms with Crippen molar-refractivity contribution in [1.82, 2.24) is 20.6 Å². The molecular weight excluding hydrogens is 425 g/mol. The molecule has 5 atom stereocenters. The first-order valence-corrected chi connectivity index (χ1v) is 10.3. The van der Waals surface area contributed by atoms with Gasteiger partial charge in [0.15, 0.2) is 11.6 Å². The third kappa shape index (κ3) is 4.48. The number of rotatable bonds is 6. The van der Waals surface area contributed by atoms with Crippen molar-refractivity contribution >= 4 is 35.0 Å². The summed E-state index contributed by atoms with van der Waals surface area (Å²) in [7, 11) is 0. The van der Waals surface area contributed by atoms with Crippen LogP contribution in [0.1, 0.15) is 18.4 Å². The molecule has 31 heavy (non-hydrogen) atoms. The van der Waals surface area contributed by atoms with Crippen LogP contribution in [-0.2, 0) is 11.3 Å². The Morgan fingerprint density at radius 3 is 2.84 bits per heavy atom. The van der Waals surface area contributed by atoms with Gasteiger partial charge in [-0.15, -0.1) is 0 Å². The minimum absolute atomic E-state index is 0.0143. The predicted octanol–water partition coefficient (Wildman–Crippen LogP) is 1.64. The van der Waals surface area contributed by atoms with Gasteiger partial charge in [-0.25, -0.2) is 14.2 Å². The highest BCUT2D eigenvalue weighted by Crippen LogP contribution is 2.49. The number of hydrogen-bond donors (Lipinski definition) is 5. The van der Waals surface area contributed by atoms with Crippen molar-refractivity contribution in [2.24, 2.45) is 23.5 Å². The van der Waals surface area contributed by atoms with E-state index in [0.717, 1.165) is 11.8 Å². The van der Waals surface area contributed by atoms with Crippen LogP contribution in [-0.4, -0.2) is 34.0 Å². The highest BCUT2D eigenvalue weighted by atomic mass is 35.5. The molecule has 164 valence electrons. The molecular formula is C20H23ClFN7O2. The smallest absolute Gasteiger partial charge is 0.315 e. The fourth-order valence-electron chi connectivity index (χ4n) is 4.84. The number of hydrogen-bond acceptors (Lipinski definition) is 6. The SMILES string of the molecule is NC(=O)C1C2CC(NC(=O)NCc3cccc(N)c3)C(C2)C1Nc1nc(Cl)ncc1F. The molecule has 1 heterocycles. The summed E-state index contributed by atoms with van der Waals surface area (Å²) in [5.74, 6) is -1.86. The van der Waals surface area contributed by atoms with Crippen molar-refractivity contribution in [1.29, 1.82) is 0 Å². The van der Waals surface area contributed by atoms with E-state index in [1.54, 1.807) is 12.1 Å². The number of urea groups is 1. The summed E-state index contributed by atoms with van der Waals surface area (Å²) in [6.07, 6.45) is 2.27. The maximum Gasteiger partial charge on any atom is 0.315 e. The highest BCUT2D eigenvalue weighted by Gasteiger charge is 2.55. The zero-order chi connectivity index (χ0) is 22.1. The molecule has 11 heteroatoms. The van der Waals surface area contributed by atoms with Gasteiger partial charge in [0.05, 0.1) is 12.1 Å². The summed E-state index contributed by atoms with van der Waals surface area (Å²) in [5, 5.41) is 8.65. The molecule has 4 rings (SSSR count). The second-order valence-corrected chi connectivity index (χ2v) is 8.35. The van der Waals surface area contributed by atoms with Crippen molar-refractivity contribution in [2.75, 3.05) is 11.1 Å². The van der Waals surface area contributed by atoms with Crippen LogP contribution in [0.3, 0.4) is 0 Å². The van der Waals surface area contributed by atoms with Crippen LogP contribution in [0.15, 0.2) is 30.5 Å². The van der Waals surface area contributed by atoms with E-state index in [1.807, 2.05) is 12.1 Å². The number of nitrogens with zero attached hydrogens (tertiary/aromatic N) is 2. The Bertz CT molecular complexity index is 1010. The summed E-state index contributed by atoms with van der Waals surface area (Å²) < 4.78 is 14.1. The number of halogens is 2. The van der Waals surface area contributed by atoms with E-state index in [0.29, 0.717) is 25.1 Å². The highest BCUT2D eigenvalue weighted by molar-refractivity contribution is 6.28. The van der Waals surface area contributed by atoms with Crippen LogP contribution < -0.4 is 27.4 Å². The number of primary amides is 1. The number of amides is 3. The summed E-state index contributed by atoms with van der Waals surface area (Å²) in [6, 6.07) is 6.25. The number of anilines is 2. The summed E-state index contributed by atoms with van der Waals surface area (Å²) in [5.41, 5.74) is 12.9. The number of carbonyl (C=O) groups is 2. The topological polar surface area (TPSA) is 148 Å². The lowest BCUT2D eigenvalue weighted by molar-refractivity contribution is -0.123. The van der Waals surface area contributed by atoms with E-state index in [-0.39, 0.29) is 35.0 Å². The number of carbonyl (C=O) groups excluding carboxylic acids is 2. The zero-order valence-electron chi connectivity index (χ0n) is 16.5. The van der Waals surface area contributed by atoms with E-state index >= 15 is 0 Å². The monoisotopic (exact) mass is 447 g/mol. The average molecular weight is 448 g/mol. The molecule has 0 spiro atoms. The first-order valence-electron chi connectivity index (χ1n) is 9.94. The molecule has 9 nitrogen and oxygen atoms in total. The van der Waals surface area contributed by atoms with Crippen LogP contribution in [0.2, 0.25) is 5.28 Å². The Morgan fingerprint density at radius 1 is 1.29 bits per heavy atom. The van der Waals surface area contributed by atoms with Crippen LogP contribution in [0.5, 0.6) is 0 Å². The van der Waals surface area contributed by atoms with Crippen LogP contribution in [0, 0.1) is 23.6 Å².